The smallest absolute Gasteiger partial charge is 0.223 e. The van der Waals surface area contributed by atoms with Crippen LogP contribution in [0.1, 0.15) is 93.3 Å². The third-order valence-electron chi connectivity index (χ3n) is 7.33. The molecule has 2 fully saturated rings. The fourth-order valence-corrected chi connectivity index (χ4v) is 6.36. The normalized spacial score (nSPS) is 19.8. The Hall–Kier alpha value is -2.68. The van der Waals surface area contributed by atoms with Gasteiger partial charge >= 0.3 is 0 Å². The molecule has 190 valence electrons. The van der Waals surface area contributed by atoms with E-state index < -0.39 is 0 Å². The van der Waals surface area contributed by atoms with E-state index in [1.165, 1.54) is 11.3 Å². The second-order valence-corrected chi connectivity index (χ2v) is 11.2. The fraction of sp³-hybridized carbons (Fsp3) is 0.615. The number of carbonyl (C=O) groups is 2. The van der Waals surface area contributed by atoms with Crippen LogP contribution in [-0.4, -0.2) is 45.1 Å². The van der Waals surface area contributed by atoms with Crippen molar-refractivity contribution in [1.82, 2.24) is 25.0 Å². The predicted molar refractivity (Wildman–Crippen MR) is 139 cm³/mol. The maximum atomic E-state index is 12.9. The molecule has 1 aliphatic carbocycles. The highest BCUT2D eigenvalue weighted by Crippen LogP contribution is 2.34. The molecule has 1 saturated carbocycles. The summed E-state index contributed by atoms with van der Waals surface area (Å²) in [5.74, 6) is 2.62. The van der Waals surface area contributed by atoms with Gasteiger partial charge in [-0.1, -0.05) is 33.3 Å². The number of amides is 2. The maximum Gasteiger partial charge on any atom is 0.223 e. The first-order valence-corrected chi connectivity index (χ1v) is 13.6. The standard InChI is InChI=1S/C26H38N6O2S/c1-17(2)25-30-29-19(4)32(25)21-11-13-31(18(3)15-21)14-12-22(23-9-10-24(35-23)27-16-33)28-26(34)20-7-5-6-8-20/h9-10,16-17,20-22H,3,5-8,11-15H2,1-2,4H3,(H,27,33)(H,28,34)/t21?,22-/m0/s1. The molecule has 4 rings (SSSR count). The second kappa shape index (κ2) is 11.4. The Balaban J connectivity index is 1.40. The lowest BCUT2D eigenvalue weighted by Gasteiger charge is -2.37. The first kappa shape index (κ1) is 25.4. The van der Waals surface area contributed by atoms with Gasteiger partial charge in [0.15, 0.2) is 0 Å². The van der Waals surface area contributed by atoms with E-state index in [2.05, 4.69) is 50.7 Å². The van der Waals surface area contributed by atoms with Crippen LogP contribution in [0.2, 0.25) is 0 Å². The first-order chi connectivity index (χ1) is 16.9. The molecule has 2 atom stereocenters. The lowest BCUT2D eigenvalue weighted by atomic mass is 9.99. The number of carbonyl (C=O) groups excluding carboxylic acids is 2. The summed E-state index contributed by atoms with van der Waals surface area (Å²) in [5, 5.41) is 15.6. The number of allylic oxidation sites excluding steroid dienone is 1. The van der Waals surface area contributed by atoms with E-state index >= 15 is 0 Å². The van der Waals surface area contributed by atoms with Gasteiger partial charge < -0.3 is 20.1 Å². The molecule has 0 aromatic carbocycles. The van der Waals surface area contributed by atoms with Crippen molar-refractivity contribution in [1.29, 1.82) is 0 Å². The Morgan fingerprint density at radius 1 is 1.26 bits per heavy atom. The van der Waals surface area contributed by atoms with Gasteiger partial charge in [-0.2, -0.15) is 0 Å². The molecule has 2 aromatic rings. The largest absolute Gasteiger partial charge is 0.375 e. The lowest BCUT2D eigenvalue weighted by molar-refractivity contribution is -0.125. The fourth-order valence-electron chi connectivity index (χ4n) is 5.41. The van der Waals surface area contributed by atoms with Crippen LogP contribution < -0.4 is 10.6 Å². The number of piperidine rings is 1. The van der Waals surface area contributed by atoms with Crippen LogP contribution in [0.3, 0.4) is 0 Å². The monoisotopic (exact) mass is 498 g/mol. The minimum absolute atomic E-state index is 0.0755. The minimum atomic E-state index is -0.0755. The zero-order chi connectivity index (χ0) is 24.9. The number of nitrogens with one attached hydrogen (secondary N) is 2. The van der Waals surface area contributed by atoms with Gasteiger partial charge in [0, 0.05) is 48.0 Å². The van der Waals surface area contributed by atoms with E-state index in [4.69, 9.17) is 0 Å². The molecule has 2 aliphatic rings. The van der Waals surface area contributed by atoms with E-state index in [9.17, 15) is 9.59 Å². The highest BCUT2D eigenvalue weighted by molar-refractivity contribution is 7.16. The number of rotatable bonds is 10. The minimum Gasteiger partial charge on any atom is -0.375 e. The van der Waals surface area contributed by atoms with Gasteiger partial charge in [-0.25, -0.2) is 0 Å². The van der Waals surface area contributed by atoms with E-state index in [1.807, 2.05) is 19.1 Å². The average Bonchev–Trinajstić information content (AvgIpc) is 3.58. The second-order valence-electron chi connectivity index (χ2n) is 10.1. The predicted octanol–water partition coefficient (Wildman–Crippen LogP) is 4.93. The number of hydrogen-bond donors (Lipinski definition) is 2. The first-order valence-electron chi connectivity index (χ1n) is 12.8. The van der Waals surface area contributed by atoms with Gasteiger partial charge in [0.05, 0.1) is 11.0 Å². The third-order valence-corrected chi connectivity index (χ3v) is 8.46. The van der Waals surface area contributed by atoms with Crippen LogP contribution in [0.25, 0.3) is 0 Å². The topological polar surface area (TPSA) is 92.2 Å². The van der Waals surface area contributed by atoms with Crippen molar-refractivity contribution < 1.29 is 9.59 Å². The summed E-state index contributed by atoms with van der Waals surface area (Å²) in [6.07, 6.45) is 7.61. The number of hydrogen-bond acceptors (Lipinski definition) is 6. The van der Waals surface area contributed by atoms with Crippen molar-refractivity contribution in [2.75, 3.05) is 18.4 Å². The highest BCUT2D eigenvalue weighted by Gasteiger charge is 2.29. The highest BCUT2D eigenvalue weighted by atomic mass is 32.1. The quantitative estimate of drug-likeness (QED) is 0.453. The van der Waals surface area contributed by atoms with Crippen molar-refractivity contribution in [2.24, 2.45) is 5.92 Å². The van der Waals surface area contributed by atoms with Gasteiger partial charge in [-0.3, -0.25) is 9.59 Å². The molecule has 1 saturated heterocycles. The zero-order valence-electron chi connectivity index (χ0n) is 21.1. The Morgan fingerprint density at radius 2 is 2.03 bits per heavy atom. The number of anilines is 1. The Kier molecular flexibility index (Phi) is 8.26. The van der Waals surface area contributed by atoms with Gasteiger partial charge in [0.2, 0.25) is 12.3 Å². The summed E-state index contributed by atoms with van der Waals surface area (Å²) in [6.45, 7) is 12.5. The van der Waals surface area contributed by atoms with Crippen molar-refractivity contribution in [2.45, 2.75) is 83.7 Å². The number of aryl methyl sites for hydroxylation is 1. The molecule has 1 unspecified atom stereocenters. The third kappa shape index (κ3) is 5.94. The molecule has 2 amide bonds. The van der Waals surface area contributed by atoms with Crippen LogP contribution >= 0.6 is 11.3 Å². The molecule has 1 aliphatic heterocycles. The van der Waals surface area contributed by atoms with Gasteiger partial charge in [-0.05, 0) is 44.7 Å². The molecular formula is C26H38N6O2S. The van der Waals surface area contributed by atoms with Crippen LogP contribution in [0, 0.1) is 12.8 Å². The SMILES string of the molecule is C=C1CC(n2c(C)nnc2C(C)C)CCN1CC[C@H](NC(=O)C1CCCC1)c1ccc(NC=O)s1. The van der Waals surface area contributed by atoms with Gasteiger partial charge in [0.1, 0.15) is 11.6 Å². The lowest BCUT2D eigenvalue weighted by Crippen LogP contribution is -2.37. The zero-order valence-corrected chi connectivity index (χ0v) is 21.9. The Labute approximate surface area is 212 Å². The molecule has 2 N–H and O–H groups in total. The number of likely N-dealkylation sites (tertiary alicyclic amines) is 1. The molecule has 35 heavy (non-hydrogen) atoms. The van der Waals surface area contributed by atoms with E-state index in [1.54, 1.807) is 0 Å². The molecule has 0 spiro atoms. The molecule has 2 aromatic heterocycles. The summed E-state index contributed by atoms with van der Waals surface area (Å²) in [4.78, 5) is 27.2. The van der Waals surface area contributed by atoms with E-state index in [0.29, 0.717) is 18.4 Å². The van der Waals surface area contributed by atoms with Gasteiger partial charge in [0.25, 0.3) is 0 Å². The van der Waals surface area contributed by atoms with E-state index in [-0.39, 0.29) is 17.9 Å². The van der Waals surface area contributed by atoms with Crippen molar-refractivity contribution in [3.8, 4) is 0 Å². The molecule has 0 radical (unpaired) electrons. The van der Waals surface area contributed by atoms with Crippen LogP contribution in [0.4, 0.5) is 5.00 Å². The molecule has 9 heteroatoms. The Morgan fingerprint density at radius 3 is 2.71 bits per heavy atom. The number of aromatic nitrogens is 3. The number of thiophene rings is 1. The van der Waals surface area contributed by atoms with Crippen molar-refractivity contribution in [3.63, 3.8) is 0 Å². The average molecular weight is 499 g/mol. The Bertz CT molecular complexity index is 1040. The van der Waals surface area contributed by atoms with Crippen molar-refractivity contribution in [3.05, 3.63) is 40.9 Å². The molecule has 8 nitrogen and oxygen atoms in total. The summed E-state index contributed by atoms with van der Waals surface area (Å²) in [7, 11) is 0. The molecule has 3 heterocycles. The van der Waals surface area contributed by atoms with E-state index in [0.717, 1.165) is 85.3 Å². The summed E-state index contributed by atoms with van der Waals surface area (Å²) < 4.78 is 2.30. The van der Waals surface area contributed by atoms with Crippen LogP contribution in [-0.2, 0) is 9.59 Å². The number of nitrogens with zero attached hydrogens (tertiary/aromatic N) is 4. The maximum absolute atomic E-state index is 12.9. The van der Waals surface area contributed by atoms with Crippen LogP contribution in [0.15, 0.2) is 24.4 Å². The molecular weight excluding hydrogens is 460 g/mol. The van der Waals surface area contributed by atoms with Gasteiger partial charge in [-0.15, -0.1) is 21.5 Å². The molecule has 0 bridgehead atoms. The van der Waals surface area contributed by atoms with Crippen LogP contribution in [0.5, 0.6) is 0 Å². The van der Waals surface area contributed by atoms with Crippen molar-refractivity contribution >= 4 is 28.7 Å². The summed E-state index contributed by atoms with van der Waals surface area (Å²) >= 11 is 1.53. The summed E-state index contributed by atoms with van der Waals surface area (Å²) in [6, 6.07) is 4.17. The summed E-state index contributed by atoms with van der Waals surface area (Å²) in [5.41, 5.74) is 1.12.